The van der Waals surface area contributed by atoms with Crippen molar-refractivity contribution in [2.45, 2.75) is 0 Å². The Morgan fingerprint density at radius 3 is 2.64 bits per heavy atom. The molecular weight excluding hydrogens is 158 g/mol. The van der Waals surface area contributed by atoms with Gasteiger partial charge in [0.25, 0.3) is 0 Å². The van der Waals surface area contributed by atoms with Gasteiger partial charge in [-0.3, -0.25) is 4.79 Å². The van der Waals surface area contributed by atoms with Crippen molar-refractivity contribution in [2.24, 2.45) is 0 Å². The van der Waals surface area contributed by atoms with Crippen LogP contribution in [0.3, 0.4) is 0 Å². The Balaban J connectivity index is 3.48. The summed E-state index contributed by atoms with van der Waals surface area (Å²) in [5.41, 5.74) is 0. The van der Waals surface area contributed by atoms with Gasteiger partial charge in [-0.15, -0.1) is 0 Å². The van der Waals surface area contributed by atoms with E-state index >= 15 is 0 Å². The summed E-state index contributed by atoms with van der Waals surface area (Å²) in [5.74, 6) is 0.781. The molecule has 0 aliphatic heterocycles. The molecule has 0 aliphatic rings. The first kappa shape index (κ1) is 10.7. The smallest absolute Gasteiger partial charge is 0.165 e. The first-order chi connectivity index (χ1) is 5.16. The molecule has 0 aromatic heterocycles. The molecule has 11 heavy (non-hydrogen) atoms. The Bertz CT molecular complexity index is 143. The van der Waals surface area contributed by atoms with Gasteiger partial charge in [0, 0.05) is 6.54 Å². The molecule has 0 saturated heterocycles. The first-order valence-electron chi connectivity index (χ1n) is 3.50. The van der Waals surface area contributed by atoms with E-state index in [0.717, 1.165) is 6.54 Å². The zero-order chi connectivity index (χ0) is 8.69. The molecule has 64 valence electrons. The molecule has 0 bridgehead atoms. The molecule has 0 amide bonds. The zero-order valence-corrected chi connectivity index (χ0v) is 8.15. The summed E-state index contributed by atoms with van der Waals surface area (Å²) in [4.78, 5) is 12.9. The average molecular weight is 173 g/mol. The van der Waals surface area contributed by atoms with Crippen molar-refractivity contribution in [1.82, 2.24) is 4.90 Å². The molecule has 0 aromatic carbocycles. The van der Waals surface area contributed by atoms with E-state index in [0.29, 0.717) is 5.75 Å². The van der Waals surface area contributed by atoms with E-state index in [2.05, 4.69) is 0 Å². The van der Waals surface area contributed by atoms with Gasteiger partial charge in [-0.25, -0.2) is 0 Å². The van der Waals surface area contributed by atoms with Crippen LogP contribution in [0.1, 0.15) is 0 Å². The van der Waals surface area contributed by atoms with Crippen LogP contribution in [-0.2, 0) is 4.79 Å². The number of carbonyl (C=O) groups excluding carboxylic acids is 1. The average Bonchev–Trinajstić information content (AvgIpc) is 1.87. The highest BCUT2D eigenvalue weighted by atomic mass is 32.2. The van der Waals surface area contributed by atoms with E-state index in [1.54, 1.807) is 17.8 Å². The van der Waals surface area contributed by atoms with Crippen molar-refractivity contribution in [2.75, 3.05) is 32.6 Å². The molecule has 0 heterocycles. The van der Waals surface area contributed by atoms with Gasteiger partial charge >= 0.3 is 0 Å². The van der Waals surface area contributed by atoms with E-state index in [9.17, 15) is 4.79 Å². The summed E-state index contributed by atoms with van der Waals surface area (Å²) in [6.45, 7) is 0.833. The van der Waals surface area contributed by atoms with Crippen LogP contribution in [0.2, 0.25) is 0 Å². The van der Waals surface area contributed by atoms with Crippen LogP contribution in [0.4, 0.5) is 0 Å². The number of hydrogen-bond donors (Lipinski definition) is 0. The fourth-order valence-electron chi connectivity index (χ4n) is 0.585. The minimum absolute atomic E-state index is 0.194. The Morgan fingerprint density at radius 2 is 2.18 bits per heavy atom. The third-order valence-corrected chi connectivity index (χ3v) is 1.63. The van der Waals surface area contributed by atoms with Crippen molar-refractivity contribution < 1.29 is 4.79 Å². The summed E-state index contributed by atoms with van der Waals surface area (Å²) in [5, 5.41) is 0. The van der Waals surface area contributed by atoms with Crippen LogP contribution >= 0.6 is 11.8 Å². The normalized spacial score (nSPS) is 11.3. The fourth-order valence-corrected chi connectivity index (χ4v) is 0.966. The summed E-state index contributed by atoms with van der Waals surface area (Å²) in [7, 11) is 3.95. The number of nitrogens with zero attached hydrogens (tertiary/aromatic N) is 1. The van der Waals surface area contributed by atoms with Gasteiger partial charge in [0.2, 0.25) is 0 Å². The predicted octanol–water partition coefficient (Wildman–Crippen LogP) is 1.04. The maximum atomic E-state index is 10.9. The number of carbonyl (C=O) groups is 1. The Hall–Kier alpha value is -0.280. The highest BCUT2D eigenvalue weighted by Gasteiger charge is 1.92. The molecule has 0 N–H and O–H groups in total. The van der Waals surface area contributed by atoms with E-state index < -0.39 is 0 Å². The van der Waals surface area contributed by atoms with E-state index in [1.165, 1.54) is 0 Å². The number of rotatable bonds is 5. The molecule has 3 heteroatoms. The minimum Gasteiger partial charge on any atom is -0.306 e. The molecular formula is C8H15NOS. The maximum absolute atomic E-state index is 10.9. The van der Waals surface area contributed by atoms with Gasteiger partial charge in [-0.1, -0.05) is 6.08 Å². The quantitative estimate of drug-likeness (QED) is 0.579. The number of thioether (sulfide) groups is 1. The SMILES string of the molecule is CSCC(=O)/C=C/CN(C)C. The van der Waals surface area contributed by atoms with Gasteiger partial charge in [0.15, 0.2) is 5.78 Å². The second-order valence-electron chi connectivity index (χ2n) is 2.56. The van der Waals surface area contributed by atoms with Crippen molar-refractivity contribution in [3.8, 4) is 0 Å². The predicted molar refractivity (Wildman–Crippen MR) is 51.1 cm³/mol. The molecule has 0 aromatic rings. The van der Waals surface area contributed by atoms with Crippen LogP contribution < -0.4 is 0 Å². The maximum Gasteiger partial charge on any atom is 0.165 e. The summed E-state index contributed by atoms with van der Waals surface area (Å²) in [6, 6.07) is 0. The lowest BCUT2D eigenvalue weighted by Gasteiger charge is -2.02. The molecule has 0 fully saturated rings. The van der Waals surface area contributed by atoms with Crippen LogP contribution in [0, 0.1) is 0 Å². The van der Waals surface area contributed by atoms with Gasteiger partial charge < -0.3 is 4.90 Å². The van der Waals surface area contributed by atoms with Crippen LogP contribution in [-0.4, -0.2) is 43.3 Å². The zero-order valence-electron chi connectivity index (χ0n) is 7.33. The third-order valence-electron chi connectivity index (χ3n) is 1.06. The van der Waals surface area contributed by atoms with Crippen molar-refractivity contribution >= 4 is 17.5 Å². The van der Waals surface area contributed by atoms with Crippen molar-refractivity contribution in [3.63, 3.8) is 0 Å². The van der Waals surface area contributed by atoms with E-state index in [1.807, 2.05) is 31.3 Å². The molecule has 0 aliphatic carbocycles. The van der Waals surface area contributed by atoms with Crippen LogP contribution in [0.5, 0.6) is 0 Å². The Kier molecular flexibility index (Phi) is 6.27. The second-order valence-corrected chi connectivity index (χ2v) is 3.43. The molecule has 0 radical (unpaired) electrons. The highest BCUT2D eigenvalue weighted by Crippen LogP contribution is 1.92. The Morgan fingerprint density at radius 1 is 1.55 bits per heavy atom. The number of ketones is 1. The second kappa shape index (κ2) is 6.43. The summed E-state index contributed by atoms with van der Waals surface area (Å²) in [6.07, 6.45) is 5.47. The summed E-state index contributed by atoms with van der Waals surface area (Å²) < 4.78 is 0. The number of allylic oxidation sites excluding steroid dienone is 1. The molecule has 2 nitrogen and oxygen atoms in total. The van der Waals surface area contributed by atoms with Crippen molar-refractivity contribution in [3.05, 3.63) is 12.2 Å². The van der Waals surface area contributed by atoms with Gasteiger partial charge in [0.05, 0.1) is 5.75 Å². The molecule has 0 spiro atoms. The standard InChI is InChI=1S/C8H15NOS/c1-9(2)6-4-5-8(10)7-11-3/h4-5H,6-7H2,1-3H3/b5-4+. The molecule has 0 rings (SSSR count). The lowest BCUT2D eigenvalue weighted by molar-refractivity contribution is -0.112. The number of hydrogen-bond acceptors (Lipinski definition) is 3. The largest absolute Gasteiger partial charge is 0.306 e. The van der Waals surface area contributed by atoms with Crippen LogP contribution in [0.15, 0.2) is 12.2 Å². The summed E-state index contributed by atoms with van der Waals surface area (Å²) >= 11 is 1.55. The molecule has 0 atom stereocenters. The van der Waals surface area contributed by atoms with Gasteiger partial charge in [-0.05, 0) is 26.4 Å². The lowest BCUT2D eigenvalue weighted by atomic mass is 10.4. The topological polar surface area (TPSA) is 20.3 Å². The lowest BCUT2D eigenvalue weighted by Crippen LogP contribution is -2.11. The Labute approximate surface area is 72.6 Å². The van der Waals surface area contributed by atoms with Crippen LogP contribution in [0.25, 0.3) is 0 Å². The third kappa shape index (κ3) is 7.62. The molecule has 0 unspecified atom stereocenters. The van der Waals surface area contributed by atoms with E-state index in [-0.39, 0.29) is 5.78 Å². The number of likely N-dealkylation sites (N-methyl/N-ethyl adjacent to an activating group) is 1. The van der Waals surface area contributed by atoms with Crippen molar-refractivity contribution in [1.29, 1.82) is 0 Å². The highest BCUT2D eigenvalue weighted by molar-refractivity contribution is 7.99. The first-order valence-corrected chi connectivity index (χ1v) is 4.89. The fraction of sp³-hybridized carbons (Fsp3) is 0.625. The monoisotopic (exact) mass is 173 g/mol. The van der Waals surface area contributed by atoms with Gasteiger partial charge in [-0.2, -0.15) is 11.8 Å². The minimum atomic E-state index is 0.194. The molecule has 0 saturated carbocycles. The van der Waals surface area contributed by atoms with E-state index in [4.69, 9.17) is 0 Å². The van der Waals surface area contributed by atoms with Gasteiger partial charge in [0.1, 0.15) is 0 Å².